The molecule has 10 heteroatoms. The predicted octanol–water partition coefficient (Wildman–Crippen LogP) is 4.71. The third-order valence-corrected chi connectivity index (χ3v) is 8.54. The van der Waals surface area contributed by atoms with E-state index >= 15 is 0 Å². The molecule has 0 saturated carbocycles. The van der Waals surface area contributed by atoms with Crippen molar-refractivity contribution in [2.75, 3.05) is 5.73 Å². The number of rotatable bonds is 5. The lowest BCUT2D eigenvalue weighted by Gasteiger charge is -2.12. The lowest BCUT2D eigenvalue weighted by molar-refractivity contribution is 0.103. The number of nitrogens with zero attached hydrogens (tertiary/aromatic N) is 5. The molecule has 0 fully saturated rings. The van der Waals surface area contributed by atoms with Crippen LogP contribution in [0.3, 0.4) is 0 Å². The number of aryl methyl sites for hydroxylation is 1. The minimum Gasteiger partial charge on any atom is -0.383 e. The number of aliphatic imine (C=N–C) groups is 1. The maximum Gasteiger partial charge on any atom is 0.268 e. The van der Waals surface area contributed by atoms with Crippen LogP contribution in [0.2, 0.25) is 0 Å². The van der Waals surface area contributed by atoms with Crippen LogP contribution in [-0.2, 0) is 16.4 Å². The Bertz CT molecular complexity index is 2010. The van der Waals surface area contributed by atoms with Gasteiger partial charge in [-0.3, -0.25) is 9.79 Å². The summed E-state index contributed by atoms with van der Waals surface area (Å²) in [6.45, 7) is 3.81. The molecular weight excluding hydrogens is 512 g/mol. The highest BCUT2D eigenvalue weighted by Gasteiger charge is 2.29. The van der Waals surface area contributed by atoms with Crippen LogP contribution in [0.4, 0.5) is 11.5 Å². The summed E-state index contributed by atoms with van der Waals surface area (Å²) in [5.41, 5.74) is 11.4. The highest BCUT2D eigenvalue weighted by atomic mass is 32.2. The quantitative estimate of drug-likeness (QED) is 0.325. The van der Waals surface area contributed by atoms with E-state index in [2.05, 4.69) is 10.1 Å². The zero-order valence-corrected chi connectivity index (χ0v) is 21.9. The normalized spacial score (nSPS) is 12.8. The maximum absolute atomic E-state index is 13.9. The lowest BCUT2D eigenvalue weighted by Crippen LogP contribution is -2.19. The molecule has 6 rings (SSSR count). The van der Waals surface area contributed by atoms with Crippen molar-refractivity contribution in [2.45, 2.75) is 25.2 Å². The third kappa shape index (κ3) is 3.91. The van der Waals surface area contributed by atoms with Crippen molar-refractivity contribution in [3.63, 3.8) is 0 Å². The fourth-order valence-electron chi connectivity index (χ4n) is 4.83. The number of ketones is 1. The van der Waals surface area contributed by atoms with Crippen molar-refractivity contribution in [1.82, 2.24) is 13.8 Å². The summed E-state index contributed by atoms with van der Waals surface area (Å²) in [6.07, 6.45) is 2.06. The number of benzene rings is 3. The third-order valence-electron chi connectivity index (χ3n) is 6.80. The molecule has 0 spiro atoms. The summed E-state index contributed by atoms with van der Waals surface area (Å²) in [7, 11) is -4.21. The molecule has 0 radical (unpaired) electrons. The number of nitrogen functional groups attached to an aromatic ring is 1. The van der Waals surface area contributed by atoms with E-state index in [1.54, 1.807) is 24.3 Å². The van der Waals surface area contributed by atoms with Crippen molar-refractivity contribution >= 4 is 43.9 Å². The molecule has 1 aliphatic rings. The molecule has 1 aliphatic heterocycles. The molecule has 5 aromatic rings. The van der Waals surface area contributed by atoms with Gasteiger partial charge in [0.1, 0.15) is 11.5 Å². The Morgan fingerprint density at radius 2 is 1.79 bits per heavy atom. The second kappa shape index (κ2) is 8.79. The van der Waals surface area contributed by atoms with Gasteiger partial charge in [-0.2, -0.15) is 10.4 Å². The van der Waals surface area contributed by atoms with Crippen LogP contribution in [0.25, 0.3) is 16.6 Å². The first-order chi connectivity index (χ1) is 18.7. The van der Waals surface area contributed by atoms with Crippen LogP contribution < -0.4 is 5.73 Å². The molecule has 0 amide bonds. The van der Waals surface area contributed by atoms with Gasteiger partial charge in [-0.1, -0.05) is 23.8 Å². The number of fused-ring (bicyclic) bond motifs is 2. The fourth-order valence-corrected chi connectivity index (χ4v) is 6.33. The van der Waals surface area contributed by atoms with E-state index in [9.17, 15) is 18.5 Å². The van der Waals surface area contributed by atoms with Gasteiger partial charge in [0, 0.05) is 17.5 Å². The Morgan fingerprint density at radius 1 is 1.03 bits per heavy atom. The van der Waals surface area contributed by atoms with Gasteiger partial charge in [-0.25, -0.2) is 17.1 Å². The van der Waals surface area contributed by atoms with Gasteiger partial charge in [0.15, 0.2) is 0 Å². The Morgan fingerprint density at radius 3 is 2.54 bits per heavy atom. The van der Waals surface area contributed by atoms with E-state index in [0.29, 0.717) is 11.1 Å². The largest absolute Gasteiger partial charge is 0.383 e. The van der Waals surface area contributed by atoms with Crippen molar-refractivity contribution in [1.29, 1.82) is 5.26 Å². The number of nitrogens with two attached hydrogens (primary N) is 1. The second-order valence-electron chi connectivity index (χ2n) is 9.52. The van der Waals surface area contributed by atoms with Crippen LogP contribution in [0.15, 0.2) is 82.8 Å². The summed E-state index contributed by atoms with van der Waals surface area (Å²) in [5, 5.41) is 14.3. The summed E-state index contributed by atoms with van der Waals surface area (Å²) >= 11 is 0. The van der Waals surface area contributed by atoms with E-state index in [-0.39, 0.29) is 33.1 Å². The van der Waals surface area contributed by atoms with Gasteiger partial charge >= 0.3 is 0 Å². The first-order valence-electron chi connectivity index (χ1n) is 12.1. The number of carbonyl (C=O) groups excluding carboxylic acids is 1. The minimum absolute atomic E-state index is 0.0151. The lowest BCUT2D eigenvalue weighted by atomic mass is 10.1. The van der Waals surface area contributed by atoms with E-state index in [1.165, 1.54) is 35.1 Å². The molecule has 0 saturated heterocycles. The van der Waals surface area contributed by atoms with Crippen molar-refractivity contribution < 1.29 is 13.2 Å². The number of anilines is 1. The molecule has 0 atom stereocenters. The molecule has 192 valence electrons. The van der Waals surface area contributed by atoms with Crippen molar-refractivity contribution in [3.05, 3.63) is 101 Å². The zero-order chi connectivity index (χ0) is 27.5. The average Bonchev–Trinajstić information content (AvgIpc) is 3.61. The van der Waals surface area contributed by atoms with Crippen molar-refractivity contribution in [3.8, 4) is 11.8 Å². The monoisotopic (exact) mass is 534 g/mol. The van der Waals surface area contributed by atoms with Crippen molar-refractivity contribution in [2.24, 2.45) is 4.99 Å². The molecule has 39 heavy (non-hydrogen) atoms. The Kier molecular flexibility index (Phi) is 5.48. The van der Waals surface area contributed by atoms with Gasteiger partial charge in [-0.05, 0) is 67.9 Å². The first-order valence-corrected chi connectivity index (χ1v) is 13.5. The summed E-state index contributed by atoms with van der Waals surface area (Å²) in [6, 6.07) is 20.2. The topological polar surface area (TPSA) is 136 Å². The Hall–Kier alpha value is -5.01. The molecule has 9 nitrogen and oxygen atoms in total. The van der Waals surface area contributed by atoms with Crippen LogP contribution in [0.5, 0.6) is 0 Å². The maximum atomic E-state index is 13.9. The minimum atomic E-state index is -4.21. The molecular formula is C29H22N6O3S. The molecule has 3 aromatic carbocycles. The molecule has 3 heterocycles. The molecule has 0 unspecified atom stereocenters. The molecule has 2 N–H and O–H groups in total. The van der Waals surface area contributed by atoms with Gasteiger partial charge in [-0.15, -0.1) is 0 Å². The van der Waals surface area contributed by atoms with Crippen LogP contribution in [-0.4, -0.2) is 33.7 Å². The predicted molar refractivity (Wildman–Crippen MR) is 148 cm³/mol. The number of nitriles is 1. The van der Waals surface area contributed by atoms with Gasteiger partial charge in [0.25, 0.3) is 10.0 Å². The summed E-state index contributed by atoms with van der Waals surface area (Å²) < 4.78 is 30.2. The average molecular weight is 535 g/mol. The number of hydrogen-bond donors (Lipinski definition) is 1. The Labute approximate surface area is 224 Å². The van der Waals surface area contributed by atoms with Gasteiger partial charge < -0.3 is 5.73 Å². The summed E-state index contributed by atoms with van der Waals surface area (Å²) in [5.74, 6) is -0.526. The summed E-state index contributed by atoms with van der Waals surface area (Å²) in [4.78, 5) is 18.4. The Balaban J connectivity index is 1.50. The first kappa shape index (κ1) is 24.3. The van der Waals surface area contributed by atoms with Crippen LogP contribution in [0, 0.1) is 18.3 Å². The fraction of sp³-hybridized carbons (Fsp3) is 0.103. The number of aromatic nitrogens is 3. The smallest absolute Gasteiger partial charge is 0.268 e. The SMILES string of the molecule is CC1=Nc2ccc(-n3ncc(C(=O)c4cc5ccc(C#N)cc5n4S(=O)(=O)c4ccc(C)cc4)c3N)cc2C1. The number of carbonyl (C=O) groups is 1. The van der Waals surface area contributed by atoms with Gasteiger partial charge in [0.2, 0.25) is 5.78 Å². The second-order valence-corrected chi connectivity index (χ2v) is 11.3. The van der Waals surface area contributed by atoms with E-state index < -0.39 is 15.8 Å². The van der Waals surface area contributed by atoms with Gasteiger partial charge in [0.05, 0.1) is 45.2 Å². The molecule has 0 aliphatic carbocycles. The van der Waals surface area contributed by atoms with Crippen LogP contribution in [0.1, 0.15) is 39.7 Å². The zero-order valence-electron chi connectivity index (χ0n) is 21.1. The van der Waals surface area contributed by atoms with Crippen LogP contribution >= 0.6 is 0 Å². The number of hydrogen-bond acceptors (Lipinski definition) is 7. The highest BCUT2D eigenvalue weighted by molar-refractivity contribution is 7.90. The highest BCUT2D eigenvalue weighted by Crippen LogP contribution is 2.32. The standard InChI is InChI=1S/C29H22N6O3S/c1-17-3-8-23(9-4-17)39(37,38)35-26-12-19(15-30)5-6-20(26)14-27(35)28(36)24-16-32-34(29(24)31)22-7-10-25-21(13-22)11-18(2)33-25/h3-10,12-14,16H,11,31H2,1-2H3. The van der Waals surface area contributed by atoms with E-state index in [1.807, 2.05) is 38.1 Å². The van der Waals surface area contributed by atoms with E-state index in [4.69, 9.17) is 5.73 Å². The molecule has 2 aromatic heterocycles. The molecule has 0 bridgehead atoms. The van der Waals surface area contributed by atoms with E-state index in [0.717, 1.165) is 32.9 Å².